The van der Waals surface area contributed by atoms with Crippen molar-refractivity contribution in [2.75, 3.05) is 11.4 Å². The van der Waals surface area contributed by atoms with Gasteiger partial charge in [0.25, 0.3) is 0 Å². The molecule has 0 aliphatic carbocycles. The van der Waals surface area contributed by atoms with Gasteiger partial charge in [0.05, 0.1) is 6.42 Å². The summed E-state index contributed by atoms with van der Waals surface area (Å²) in [5.74, 6) is -2.41. The Morgan fingerprint density at radius 1 is 1.00 bits per heavy atom. The summed E-state index contributed by atoms with van der Waals surface area (Å²) in [5.41, 5.74) is 0.660. The number of carbonyl (C=O) groups is 1. The lowest BCUT2D eigenvalue weighted by molar-refractivity contribution is -0.136. The van der Waals surface area contributed by atoms with Gasteiger partial charge in [0.2, 0.25) is 0 Å². The summed E-state index contributed by atoms with van der Waals surface area (Å²) in [6, 6.07) is 12.7. The minimum atomic E-state index is -1.01. The molecule has 0 aromatic heterocycles. The molecule has 5 heteroatoms. The van der Waals surface area contributed by atoms with Gasteiger partial charge in [0.15, 0.2) is 0 Å². The van der Waals surface area contributed by atoms with Crippen LogP contribution >= 0.6 is 0 Å². The van der Waals surface area contributed by atoms with E-state index in [1.165, 1.54) is 11.0 Å². The van der Waals surface area contributed by atoms with E-state index < -0.39 is 17.6 Å². The lowest BCUT2D eigenvalue weighted by Crippen LogP contribution is -2.27. The second-order valence-electron chi connectivity index (χ2n) is 4.62. The number of benzene rings is 2. The van der Waals surface area contributed by atoms with Crippen LogP contribution in [0.1, 0.15) is 12.0 Å². The molecule has 0 aliphatic heterocycles. The zero-order chi connectivity index (χ0) is 15.2. The Labute approximate surface area is 121 Å². The Balaban J connectivity index is 2.29. The summed E-state index contributed by atoms with van der Waals surface area (Å²) in [6.45, 7) is 0.272. The molecule has 2 rings (SSSR count). The first kappa shape index (κ1) is 15.0. The van der Waals surface area contributed by atoms with Crippen molar-refractivity contribution in [1.29, 1.82) is 0 Å². The largest absolute Gasteiger partial charge is 0.481 e. The number of aliphatic carboxylic acids is 1. The molecule has 0 bridgehead atoms. The molecular formula is C16H15F2NO2. The van der Waals surface area contributed by atoms with Crippen molar-refractivity contribution >= 4 is 11.7 Å². The zero-order valence-corrected chi connectivity index (χ0v) is 11.3. The quantitative estimate of drug-likeness (QED) is 0.886. The molecule has 0 fully saturated rings. The Morgan fingerprint density at radius 2 is 1.62 bits per heavy atom. The van der Waals surface area contributed by atoms with Gasteiger partial charge in [-0.15, -0.1) is 0 Å². The van der Waals surface area contributed by atoms with Gasteiger partial charge in [-0.3, -0.25) is 4.79 Å². The van der Waals surface area contributed by atoms with Gasteiger partial charge >= 0.3 is 5.97 Å². The normalized spacial score (nSPS) is 10.4. The number of anilines is 1. The fourth-order valence-corrected chi connectivity index (χ4v) is 2.10. The van der Waals surface area contributed by atoms with E-state index in [-0.39, 0.29) is 25.2 Å². The molecule has 0 radical (unpaired) electrons. The highest BCUT2D eigenvalue weighted by Crippen LogP contribution is 2.25. The zero-order valence-electron chi connectivity index (χ0n) is 11.3. The molecule has 0 aliphatic rings. The second kappa shape index (κ2) is 6.83. The summed E-state index contributed by atoms with van der Waals surface area (Å²) in [5, 5.41) is 8.80. The monoisotopic (exact) mass is 291 g/mol. The molecule has 3 nitrogen and oxygen atoms in total. The molecule has 2 aromatic carbocycles. The van der Waals surface area contributed by atoms with Crippen molar-refractivity contribution in [3.05, 3.63) is 65.7 Å². The molecule has 0 spiro atoms. The summed E-state index contributed by atoms with van der Waals surface area (Å²) in [4.78, 5) is 12.2. The van der Waals surface area contributed by atoms with E-state index in [2.05, 4.69) is 0 Å². The highest BCUT2D eigenvalue weighted by Gasteiger charge is 2.17. The van der Waals surface area contributed by atoms with Crippen molar-refractivity contribution in [3.63, 3.8) is 0 Å². The Hall–Kier alpha value is -2.43. The van der Waals surface area contributed by atoms with Crippen molar-refractivity contribution < 1.29 is 18.7 Å². The molecule has 0 saturated heterocycles. The van der Waals surface area contributed by atoms with Crippen LogP contribution in [0.15, 0.2) is 48.5 Å². The second-order valence-corrected chi connectivity index (χ2v) is 4.62. The van der Waals surface area contributed by atoms with E-state index in [4.69, 9.17) is 5.11 Å². The van der Waals surface area contributed by atoms with Crippen molar-refractivity contribution in [1.82, 2.24) is 0 Å². The van der Waals surface area contributed by atoms with E-state index in [0.29, 0.717) is 0 Å². The molecule has 0 atom stereocenters. The van der Waals surface area contributed by atoms with E-state index in [1.807, 2.05) is 30.3 Å². The molecule has 110 valence electrons. The first-order chi connectivity index (χ1) is 10.1. The Kier molecular flexibility index (Phi) is 4.87. The highest BCUT2D eigenvalue weighted by molar-refractivity contribution is 5.67. The predicted octanol–water partition coefficient (Wildman–Crippen LogP) is 3.45. The summed E-state index contributed by atoms with van der Waals surface area (Å²) in [6.07, 6.45) is -0.194. The molecule has 0 heterocycles. The number of carboxylic acids is 1. The van der Waals surface area contributed by atoms with Crippen LogP contribution in [0.3, 0.4) is 0 Å². The van der Waals surface area contributed by atoms with Crippen LogP contribution in [0, 0.1) is 11.6 Å². The summed E-state index contributed by atoms with van der Waals surface area (Å²) in [7, 11) is 0. The topological polar surface area (TPSA) is 40.5 Å². The van der Waals surface area contributed by atoms with E-state index in [9.17, 15) is 13.6 Å². The average Bonchev–Trinajstić information content (AvgIpc) is 2.45. The smallest absolute Gasteiger partial charge is 0.305 e. The van der Waals surface area contributed by atoms with Crippen LogP contribution < -0.4 is 4.90 Å². The SMILES string of the molecule is O=C(O)CCN(Cc1ccccc1)c1c(F)cccc1F. The van der Waals surface area contributed by atoms with Crippen LogP contribution in [-0.2, 0) is 11.3 Å². The average molecular weight is 291 g/mol. The Bertz CT molecular complexity index is 597. The Morgan fingerprint density at radius 3 is 2.19 bits per heavy atom. The maximum absolute atomic E-state index is 13.9. The van der Waals surface area contributed by atoms with Crippen LogP contribution in [0.5, 0.6) is 0 Å². The predicted molar refractivity (Wildman–Crippen MR) is 76.1 cm³/mol. The number of nitrogens with zero attached hydrogens (tertiary/aromatic N) is 1. The lowest BCUT2D eigenvalue weighted by Gasteiger charge is -2.25. The fourth-order valence-electron chi connectivity index (χ4n) is 2.10. The van der Waals surface area contributed by atoms with Crippen molar-refractivity contribution in [3.8, 4) is 0 Å². The van der Waals surface area contributed by atoms with Crippen LogP contribution in [0.25, 0.3) is 0 Å². The number of hydrogen-bond donors (Lipinski definition) is 1. The van der Waals surface area contributed by atoms with Crippen molar-refractivity contribution in [2.24, 2.45) is 0 Å². The minimum absolute atomic E-state index is 0.0298. The maximum Gasteiger partial charge on any atom is 0.305 e. The van der Waals surface area contributed by atoms with Gasteiger partial charge in [-0.05, 0) is 17.7 Å². The van der Waals surface area contributed by atoms with Gasteiger partial charge in [0, 0.05) is 13.1 Å². The lowest BCUT2D eigenvalue weighted by atomic mass is 10.1. The number of para-hydroxylation sites is 1. The summed E-state index contributed by atoms with van der Waals surface area (Å²) >= 11 is 0. The molecular weight excluding hydrogens is 276 g/mol. The van der Waals surface area contributed by atoms with Crippen LogP contribution in [-0.4, -0.2) is 17.6 Å². The molecule has 1 N–H and O–H groups in total. The third-order valence-electron chi connectivity index (χ3n) is 3.07. The van der Waals surface area contributed by atoms with Crippen LogP contribution in [0.2, 0.25) is 0 Å². The fraction of sp³-hybridized carbons (Fsp3) is 0.188. The third-order valence-corrected chi connectivity index (χ3v) is 3.07. The van der Waals surface area contributed by atoms with Gasteiger partial charge in [-0.25, -0.2) is 8.78 Å². The van der Waals surface area contributed by atoms with E-state index >= 15 is 0 Å². The van der Waals surface area contributed by atoms with Gasteiger partial charge < -0.3 is 10.0 Å². The van der Waals surface area contributed by atoms with Crippen molar-refractivity contribution in [2.45, 2.75) is 13.0 Å². The number of rotatable bonds is 6. The molecule has 0 unspecified atom stereocenters. The summed E-state index contributed by atoms with van der Waals surface area (Å²) < 4.78 is 27.8. The number of hydrogen-bond acceptors (Lipinski definition) is 2. The maximum atomic E-state index is 13.9. The first-order valence-electron chi connectivity index (χ1n) is 6.52. The van der Waals surface area contributed by atoms with Gasteiger partial charge in [-0.1, -0.05) is 36.4 Å². The number of carboxylic acid groups (broad SMARTS) is 1. The van der Waals surface area contributed by atoms with E-state index in [0.717, 1.165) is 17.7 Å². The van der Waals surface area contributed by atoms with E-state index in [1.54, 1.807) is 0 Å². The minimum Gasteiger partial charge on any atom is -0.481 e. The first-order valence-corrected chi connectivity index (χ1v) is 6.52. The molecule has 2 aromatic rings. The third kappa shape index (κ3) is 4.02. The van der Waals surface area contributed by atoms with Gasteiger partial charge in [0.1, 0.15) is 17.3 Å². The number of halogens is 2. The standard InChI is InChI=1S/C16H15F2NO2/c17-13-7-4-8-14(18)16(13)19(10-9-15(20)21)11-12-5-2-1-3-6-12/h1-8H,9-11H2,(H,20,21). The molecule has 21 heavy (non-hydrogen) atoms. The van der Waals surface area contributed by atoms with Crippen LogP contribution in [0.4, 0.5) is 14.5 Å². The molecule has 0 amide bonds. The highest BCUT2D eigenvalue weighted by atomic mass is 19.1. The molecule has 0 saturated carbocycles. The van der Waals surface area contributed by atoms with Gasteiger partial charge in [-0.2, -0.15) is 0 Å².